The average Bonchev–Trinajstić information content (AvgIpc) is 2.15. The lowest BCUT2D eigenvalue weighted by Crippen LogP contribution is -2.15. The van der Waals surface area contributed by atoms with Gasteiger partial charge in [0.25, 0.3) is 0 Å². The zero-order valence-corrected chi connectivity index (χ0v) is 8.36. The molecule has 3 heteroatoms. The molecule has 0 saturated carbocycles. The highest BCUT2D eigenvalue weighted by Crippen LogP contribution is 2.07. The number of hydrogen-bond donors (Lipinski definition) is 2. The van der Waals surface area contributed by atoms with E-state index in [0.29, 0.717) is 5.56 Å². The highest BCUT2D eigenvalue weighted by molar-refractivity contribution is 5.92. The number of rotatable bonds is 4. The maximum atomic E-state index is 10.8. The van der Waals surface area contributed by atoms with Gasteiger partial charge in [-0.15, -0.1) is 0 Å². The minimum Gasteiger partial charge on any atom is -0.366 e. The molecule has 0 saturated heterocycles. The molecular weight excluding hydrogens is 176 g/mol. The Hall–Kier alpha value is -1.35. The highest BCUT2D eigenvalue weighted by atomic mass is 16.1. The summed E-state index contributed by atoms with van der Waals surface area (Å²) in [7, 11) is 0. The molecule has 76 valence electrons. The second kappa shape index (κ2) is 4.77. The molecule has 0 radical (unpaired) electrons. The van der Waals surface area contributed by atoms with Crippen LogP contribution in [0.15, 0.2) is 24.3 Å². The van der Waals surface area contributed by atoms with Crippen LogP contribution in [0.4, 0.5) is 0 Å². The zero-order valence-electron chi connectivity index (χ0n) is 8.36. The standard InChI is InChI=1S/C11H16N2O/c1-8(12)2-3-9-4-6-10(7-5-9)11(13)14/h4-8H,2-3,12H2,1H3,(H2,13,14)/t8-/m1/s1. The molecule has 1 aromatic rings. The summed E-state index contributed by atoms with van der Waals surface area (Å²) in [5.74, 6) is -0.385. The van der Waals surface area contributed by atoms with E-state index in [1.807, 2.05) is 19.1 Å². The second-order valence-corrected chi connectivity index (χ2v) is 3.58. The molecular formula is C11H16N2O. The van der Waals surface area contributed by atoms with Gasteiger partial charge in [0.15, 0.2) is 0 Å². The number of carbonyl (C=O) groups is 1. The van der Waals surface area contributed by atoms with Gasteiger partial charge in [-0.3, -0.25) is 4.79 Å². The van der Waals surface area contributed by atoms with Crippen molar-refractivity contribution in [2.45, 2.75) is 25.8 Å². The van der Waals surface area contributed by atoms with Crippen LogP contribution in [0.1, 0.15) is 29.3 Å². The number of primary amides is 1. The summed E-state index contributed by atoms with van der Waals surface area (Å²) in [4.78, 5) is 10.8. The van der Waals surface area contributed by atoms with Crippen LogP contribution in [0.5, 0.6) is 0 Å². The van der Waals surface area contributed by atoms with Crippen LogP contribution >= 0.6 is 0 Å². The smallest absolute Gasteiger partial charge is 0.248 e. The van der Waals surface area contributed by atoms with E-state index in [1.165, 1.54) is 5.56 Å². The number of aryl methyl sites for hydroxylation is 1. The summed E-state index contributed by atoms with van der Waals surface area (Å²) in [6, 6.07) is 7.55. The van der Waals surface area contributed by atoms with Crippen LogP contribution in [-0.2, 0) is 6.42 Å². The molecule has 3 nitrogen and oxygen atoms in total. The summed E-state index contributed by atoms with van der Waals surface area (Å²) in [5.41, 5.74) is 12.5. The van der Waals surface area contributed by atoms with Crippen LogP contribution in [0.25, 0.3) is 0 Å². The van der Waals surface area contributed by atoms with Gasteiger partial charge in [-0.05, 0) is 37.5 Å². The number of benzene rings is 1. The Labute approximate surface area is 84.1 Å². The molecule has 0 unspecified atom stereocenters. The molecule has 14 heavy (non-hydrogen) atoms. The van der Waals surface area contributed by atoms with Gasteiger partial charge in [-0.1, -0.05) is 12.1 Å². The molecule has 0 bridgehead atoms. The molecule has 0 aliphatic rings. The Morgan fingerprint density at radius 3 is 2.36 bits per heavy atom. The van der Waals surface area contributed by atoms with Crippen LogP contribution in [0.2, 0.25) is 0 Å². The van der Waals surface area contributed by atoms with E-state index in [9.17, 15) is 4.79 Å². The topological polar surface area (TPSA) is 69.1 Å². The molecule has 1 atom stereocenters. The van der Waals surface area contributed by atoms with Crippen molar-refractivity contribution in [3.63, 3.8) is 0 Å². The van der Waals surface area contributed by atoms with Gasteiger partial charge in [0.05, 0.1) is 0 Å². The predicted octanol–water partition coefficient (Wildman–Crippen LogP) is 1.07. The van der Waals surface area contributed by atoms with E-state index in [0.717, 1.165) is 12.8 Å². The summed E-state index contributed by atoms with van der Waals surface area (Å²) in [6.45, 7) is 1.98. The molecule has 1 amide bonds. The molecule has 0 fully saturated rings. The van der Waals surface area contributed by atoms with Crippen molar-refractivity contribution in [1.29, 1.82) is 0 Å². The van der Waals surface area contributed by atoms with Gasteiger partial charge in [0.1, 0.15) is 0 Å². The third kappa shape index (κ3) is 3.18. The fourth-order valence-electron chi connectivity index (χ4n) is 1.23. The Morgan fingerprint density at radius 2 is 1.93 bits per heavy atom. The van der Waals surface area contributed by atoms with E-state index in [1.54, 1.807) is 12.1 Å². The molecule has 1 aromatic carbocycles. The third-order valence-electron chi connectivity index (χ3n) is 2.13. The minimum absolute atomic E-state index is 0.214. The first-order valence-corrected chi connectivity index (χ1v) is 4.74. The van der Waals surface area contributed by atoms with Gasteiger partial charge in [-0.25, -0.2) is 0 Å². The summed E-state index contributed by atoms with van der Waals surface area (Å²) < 4.78 is 0. The molecule has 1 rings (SSSR count). The van der Waals surface area contributed by atoms with Crippen molar-refractivity contribution in [3.8, 4) is 0 Å². The molecule has 4 N–H and O–H groups in total. The third-order valence-corrected chi connectivity index (χ3v) is 2.13. The van der Waals surface area contributed by atoms with Gasteiger partial charge in [-0.2, -0.15) is 0 Å². The monoisotopic (exact) mass is 192 g/mol. The van der Waals surface area contributed by atoms with E-state index in [4.69, 9.17) is 11.5 Å². The minimum atomic E-state index is -0.385. The molecule has 0 aliphatic carbocycles. The first kappa shape index (κ1) is 10.7. The lowest BCUT2D eigenvalue weighted by molar-refractivity contribution is 0.100. The second-order valence-electron chi connectivity index (χ2n) is 3.58. The molecule has 0 heterocycles. The van der Waals surface area contributed by atoms with Crippen molar-refractivity contribution in [1.82, 2.24) is 0 Å². The Morgan fingerprint density at radius 1 is 1.36 bits per heavy atom. The molecule has 0 aromatic heterocycles. The highest BCUT2D eigenvalue weighted by Gasteiger charge is 2.00. The van der Waals surface area contributed by atoms with E-state index >= 15 is 0 Å². The first-order chi connectivity index (χ1) is 6.59. The van der Waals surface area contributed by atoms with Crippen LogP contribution in [-0.4, -0.2) is 11.9 Å². The van der Waals surface area contributed by atoms with Crippen molar-refractivity contribution in [2.24, 2.45) is 11.5 Å². The SMILES string of the molecule is C[C@@H](N)CCc1ccc(C(N)=O)cc1. The Balaban J connectivity index is 2.60. The maximum Gasteiger partial charge on any atom is 0.248 e. The first-order valence-electron chi connectivity index (χ1n) is 4.74. The van der Waals surface area contributed by atoms with Crippen LogP contribution in [0, 0.1) is 0 Å². The zero-order chi connectivity index (χ0) is 10.6. The lowest BCUT2D eigenvalue weighted by Gasteiger charge is -2.05. The Kier molecular flexibility index (Phi) is 3.65. The normalized spacial score (nSPS) is 12.4. The lowest BCUT2D eigenvalue weighted by atomic mass is 10.0. The van der Waals surface area contributed by atoms with Gasteiger partial charge in [0.2, 0.25) is 5.91 Å². The van der Waals surface area contributed by atoms with E-state index < -0.39 is 0 Å². The van der Waals surface area contributed by atoms with Crippen molar-refractivity contribution in [3.05, 3.63) is 35.4 Å². The number of carbonyl (C=O) groups excluding carboxylic acids is 1. The number of nitrogens with two attached hydrogens (primary N) is 2. The van der Waals surface area contributed by atoms with Gasteiger partial charge >= 0.3 is 0 Å². The van der Waals surface area contributed by atoms with E-state index in [2.05, 4.69) is 0 Å². The fourth-order valence-corrected chi connectivity index (χ4v) is 1.23. The maximum absolute atomic E-state index is 10.8. The summed E-state index contributed by atoms with van der Waals surface area (Å²) >= 11 is 0. The van der Waals surface area contributed by atoms with Crippen molar-refractivity contribution in [2.75, 3.05) is 0 Å². The van der Waals surface area contributed by atoms with Crippen molar-refractivity contribution >= 4 is 5.91 Å². The fraction of sp³-hybridized carbons (Fsp3) is 0.364. The van der Waals surface area contributed by atoms with E-state index in [-0.39, 0.29) is 11.9 Å². The molecule has 0 aliphatic heterocycles. The number of amides is 1. The van der Waals surface area contributed by atoms with Gasteiger partial charge in [0, 0.05) is 11.6 Å². The Bertz CT molecular complexity index is 304. The predicted molar refractivity (Wildman–Crippen MR) is 56.9 cm³/mol. The average molecular weight is 192 g/mol. The summed E-state index contributed by atoms with van der Waals surface area (Å²) in [6.07, 6.45) is 1.90. The van der Waals surface area contributed by atoms with Crippen molar-refractivity contribution < 1.29 is 4.79 Å². The quantitative estimate of drug-likeness (QED) is 0.749. The largest absolute Gasteiger partial charge is 0.366 e. The molecule has 0 spiro atoms. The van der Waals surface area contributed by atoms with Crippen LogP contribution in [0.3, 0.4) is 0 Å². The summed E-state index contributed by atoms with van der Waals surface area (Å²) in [5, 5.41) is 0. The van der Waals surface area contributed by atoms with Gasteiger partial charge < -0.3 is 11.5 Å². The van der Waals surface area contributed by atoms with Crippen LogP contribution < -0.4 is 11.5 Å². The number of hydrogen-bond acceptors (Lipinski definition) is 2.